The zero-order valence-electron chi connectivity index (χ0n) is 5.23. The van der Waals surface area contributed by atoms with E-state index in [1.165, 1.54) is 0 Å². The summed E-state index contributed by atoms with van der Waals surface area (Å²) in [7, 11) is 0. The summed E-state index contributed by atoms with van der Waals surface area (Å²) >= 11 is 5.19. The fourth-order valence-electron chi connectivity index (χ4n) is 0.590. The summed E-state index contributed by atoms with van der Waals surface area (Å²) in [5.74, 6) is 0.214. The zero-order valence-corrected chi connectivity index (χ0v) is 8.97. The van der Waals surface area contributed by atoms with E-state index in [1.54, 1.807) is 0 Å². The molecule has 1 aromatic heterocycles. The fraction of sp³-hybridized carbons (Fsp3) is 0.167. The lowest BCUT2D eigenvalue weighted by Crippen LogP contribution is -1.84. The lowest BCUT2D eigenvalue weighted by Gasteiger charge is -1.99. The standard InChI is InChI=1S/C6H5BrINO/c1-3-2-4(8)5(10)6(7)9-3/h2,10H,1H3. The van der Waals surface area contributed by atoms with Crippen LogP contribution in [0.1, 0.15) is 5.69 Å². The third-order valence-electron chi connectivity index (χ3n) is 1.03. The monoisotopic (exact) mass is 313 g/mol. The Morgan fingerprint density at radius 1 is 1.70 bits per heavy atom. The van der Waals surface area contributed by atoms with Crippen molar-refractivity contribution >= 4 is 38.5 Å². The second kappa shape index (κ2) is 3.04. The molecule has 0 spiro atoms. The van der Waals surface area contributed by atoms with Crippen LogP contribution in [0.3, 0.4) is 0 Å². The molecule has 1 heterocycles. The first-order chi connectivity index (χ1) is 4.61. The van der Waals surface area contributed by atoms with E-state index in [-0.39, 0.29) is 5.75 Å². The van der Waals surface area contributed by atoms with Gasteiger partial charge in [0.15, 0.2) is 5.75 Å². The molecule has 10 heavy (non-hydrogen) atoms. The van der Waals surface area contributed by atoms with Crippen LogP contribution in [0.4, 0.5) is 0 Å². The summed E-state index contributed by atoms with van der Waals surface area (Å²) in [5.41, 5.74) is 0.897. The first-order valence-electron chi connectivity index (χ1n) is 2.63. The number of aryl methyl sites for hydroxylation is 1. The maximum absolute atomic E-state index is 9.21. The first-order valence-corrected chi connectivity index (χ1v) is 4.50. The third-order valence-corrected chi connectivity index (χ3v) is 2.41. The Morgan fingerprint density at radius 3 is 2.80 bits per heavy atom. The maximum atomic E-state index is 9.21. The second-order valence-electron chi connectivity index (χ2n) is 1.88. The van der Waals surface area contributed by atoms with Crippen molar-refractivity contribution in [2.24, 2.45) is 0 Å². The summed E-state index contributed by atoms with van der Waals surface area (Å²) in [6.45, 7) is 1.88. The molecule has 0 unspecified atom stereocenters. The summed E-state index contributed by atoms with van der Waals surface area (Å²) in [6.07, 6.45) is 0. The highest BCUT2D eigenvalue weighted by Gasteiger charge is 2.03. The number of halogens is 2. The number of nitrogens with zero attached hydrogens (tertiary/aromatic N) is 1. The van der Waals surface area contributed by atoms with Gasteiger partial charge in [0.25, 0.3) is 0 Å². The number of pyridine rings is 1. The predicted molar refractivity (Wildman–Crippen MR) is 51.1 cm³/mol. The maximum Gasteiger partial charge on any atom is 0.161 e. The summed E-state index contributed by atoms with van der Waals surface area (Å²) in [5, 5.41) is 9.21. The summed E-state index contributed by atoms with van der Waals surface area (Å²) in [4.78, 5) is 4.00. The Morgan fingerprint density at radius 2 is 2.30 bits per heavy atom. The second-order valence-corrected chi connectivity index (χ2v) is 3.80. The molecule has 0 radical (unpaired) electrons. The van der Waals surface area contributed by atoms with E-state index in [2.05, 4.69) is 43.5 Å². The van der Waals surface area contributed by atoms with Gasteiger partial charge in [-0.3, -0.25) is 0 Å². The Balaban J connectivity index is 3.31. The van der Waals surface area contributed by atoms with E-state index in [4.69, 9.17) is 0 Å². The van der Waals surface area contributed by atoms with Crippen molar-refractivity contribution in [3.8, 4) is 5.75 Å². The number of hydrogen-bond donors (Lipinski definition) is 1. The molecule has 54 valence electrons. The Hall–Kier alpha value is 0.160. The minimum Gasteiger partial charge on any atom is -0.504 e. The topological polar surface area (TPSA) is 33.1 Å². The molecule has 1 N–H and O–H groups in total. The van der Waals surface area contributed by atoms with Crippen molar-refractivity contribution in [3.63, 3.8) is 0 Å². The van der Waals surface area contributed by atoms with Crippen LogP contribution in [0.2, 0.25) is 0 Å². The van der Waals surface area contributed by atoms with Gasteiger partial charge in [-0.1, -0.05) is 0 Å². The molecular formula is C6H5BrINO. The van der Waals surface area contributed by atoms with Crippen molar-refractivity contribution < 1.29 is 5.11 Å². The highest BCUT2D eigenvalue weighted by molar-refractivity contribution is 14.1. The van der Waals surface area contributed by atoms with Crippen LogP contribution in [0.5, 0.6) is 5.75 Å². The highest BCUT2D eigenvalue weighted by atomic mass is 127. The van der Waals surface area contributed by atoms with Crippen molar-refractivity contribution in [1.82, 2.24) is 4.98 Å². The number of rotatable bonds is 0. The van der Waals surface area contributed by atoms with Crippen molar-refractivity contribution in [2.45, 2.75) is 6.92 Å². The predicted octanol–water partition coefficient (Wildman–Crippen LogP) is 2.46. The molecular weight excluding hydrogens is 309 g/mol. The van der Waals surface area contributed by atoms with Crippen molar-refractivity contribution in [2.75, 3.05) is 0 Å². The third kappa shape index (κ3) is 1.60. The van der Waals surface area contributed by atoms with E-state index in [9.17, 15) is 5.11 Å². The number of aromatic hydroxyl groups is 1. The van der Waals surface area contributed by atoms with Gasteiger partial charge in [0.1, 0.15) is 4.60 Å². The normalized spacial score (nSPS) is 9.90. The van der Waals surface area contributed by atoms with Gasteiger partial charge in [0.2, 0.25) is 0 Å². The zero-order chi connectivity index (χ0) is 7.72. The Bertz CT molecular complexity index is 241. The van der Waals surface area contributed by atoms with Gasteiger partial charge in [-0.25, -0.2) is 4.98 Å². The van der Waals surface area contributed by atoms with E-state index in [0.717, 1.165) is 9.26 Å². The summed E-state index contributed by atoms with van der Waals surface area (Å²) in [6, 6.07) is 1.82. The molecule has 0 fully saturated rings. The number of hydrogen-bond acceptors (Lipinski definition) is 2. The van der Waals surface area contributed by atoms with Gasteiger partial charge in [-0.05, 0) is 51.5 Å². The molecule has 1 aromatic rings. The average Bonchev–Trinajstić information content (AvgIpc) is 1.82. The van der Waals surface area contributed by atoms with Crippen LogP contribution in [0.15, 0.2) is 10.7 Å². The van der Waals surface area contributed by atoms with Gasteiger partial charge >= 0.3 is 0 Å². The minimum absolute atomic E-state index is 0.214. The van der Waals surface area contributed by atoms with Gasteiger partial charge < -0.3 is 5.11 Å². The van der Waals surface area contributed by atoms with Crippen molar-refractivity contribution in [1.29, 1.82) is 0 Å². The molecule has 0 atom stereocenters. The molecule has 0 aliphatic rings. The van der Waals surface area contributed by atoms with Crippen LogP contribution in [0.25, 0.3) is 0 Å². The Labute approximate surface area is 80.9 Å². The molecule has 0 aromatic carbocycles. The van der Waals surface area contributed by atoms with Crippen LogP contribution < -0.4 is 0 Å². The fourth-order valence-corrected chi connectivity index (χ4v) is 2.16. The Kier molecular flexibility index (Phi) is 2.51. The average molecular weight is 314 g/mol. The van der Waals surface area contributed by atoms with E-state index in [0.29, 0.717) is 4.60 Å². The highest BCUT2D eigenvalue weighted by Crippen LogP contribution is 2.27. The van der Waals surface area contributed by atoms with Crippen LogP contribution in [-0.4, -0.2) is 10.1 Å². The smallest absolute Gasteiger partial charge is 0.161 e. The van der Waals surface area contributed by atoms with E-state index in [1.807, 2.05) is 13.0 Å². The van der Waals surface area contributed by atoms with Crippen LogP contribution >= 0.6 is 38.5 Å². The quantitative estimate of drug-likeness (QED) is 0.589. The molecule has 0 aliphatic carbocycles. The van der Waals surface area contributed by atoms with Gasteiger partial charge in [0.05, 0.1) is 3.57 Å². The van der Waals surface area contributed by atoms with E-state index < -0.39 is 0 Å². The lowest BCUT2D eigenvalue weighted by atomic mass is 10.4. The summed E-state index contributed by atoms with van der Waals surface area (Å²) < 4.78 is 1.33. The van der Waals surface area contributed by atoms with Gasteiger partial charge in [-0.2, -0.15) is 0 Å². The minimum atomic E-state index is 0.214. The first kappa shape index (κ1) is 8.26. The molecule has 0 saturated carbocycles. The largest absolute Gasteiger partial charge is 0.504 e. The molecule has 4 heteroatoms. The molecule has 0 bridgehead atoms. The van der Waals surface area contributed by atoms with Gasteiger partial charge in [0, 0.05) is 5.69 Å². The molecule has 0 aliphatic heterocycles. The number of aromatic nitrogens is 1. The van der Waals surface area contributed by atoms with Crippen LogP contribution in [0, 0.1) is 10.5 Å². The van der Waals surface area contributed by atoms with Crippen molar-refractivity contribution in [3.05, 3.63) is 19.9 Å². The molecule has 0 saturated heterocycles. The lowest BCUT2D eigenvalue weighted by molar-refractivity contribution is 0.464. The molecule has 1 rings (SSSR count). The van der Waals surface area contributed by atoms with Gasteiger partial charge in [-0.15, -0.1) is 0 Å². The van der Waals surface area contributed by atoms with E-state index >= 15 is 0 Å². The van der Waals surface area contributed by atoms with Crippen LogP contribution in [-0.2, 0) is 0 Å². The SMILES string of the molecule is Cc1cc(I)c(O)c(Br)n1. The molecule has 0 amide bonds. The molecule has 2 nitrogen and oxygen atoms in total.